The van der Waals surface area contributed by atoms with Gasteiger partial charge in [-0.2, -0.15) is 0 Å². The predicted octanol–water partition coefficient (Wildman–Crippen LogP) is 5.50. The van der Waals surface area contributed by atoms with Crippen LogP contribution in [0.4, 0.5) is 5.69 Å². The van der Waals surface area contributed by atoms with Gasteiger partial charge in [0.25, 0.3) is 11.8 Å². The number of benzene rings is 2. The van der Waals surface area contributed by atoms with Crippen LogP contribution in [0.5, 0.6) is 5.75 Å². The molecule has 6 nitrogen and oxygen atoms in total. The van der Waals surface area contributed by atoms with E-state index in [0.29, 0.717) is 41.4 Å². The van der Waals surface area contributed by atoms with Gasteiger partial charge in [0.2, 0.25) is 0 Å². The summed E-state index contributed by atoms with van der Waals surface area (Å²) in [4.78, 5) is 40.1. The number of rotatable bonds is 6. The number of fused-ring (bicyclic) bond motifs is 1. The molecule has 1 heterocycles. The molecule has 2 aromatic rings. The molecule has 3 atom stereocenters. The highest BCUT2D eigenvalue weighted by Gasteiger charge is 2.38. The zero-order valence-corrected chi connectivity index (χ0v) is 19.7. The summed E-state index contributed by atoms with van der Waals surface area (Å²) in [6.45, 7) is 8.93. The minimum Gasteiger partial charge on any atom is -0.494 e. The standard InChI is InChI=1S/C27H31NO5/c1-5-32-20-10-8-19(9-11-20)28-25(29)22-13-7-18(15-23(22)26(28)30)27(31)33-24-14-17(4)6-12-21(24)16(2)3/h7-11,13,15-17,21,24H,5-6,12,14H2,1-4H3. The first-order valence-electron chi connectivity index (χ1n) is 11.8. The van der Waals surface area contributed by atoms with Gasteiger partial charge in [-0.1, -0.05) is 27.2 Å². The van der Waals surface area contributed by atoms with Gasteiger partial charge in [-0.25, -0.2) is 9.69 Å². The SMILES string of the molecule is CCOc1ccc(N2C(=O)c3ccc(C(=O)OC4CC(C)CCC4C(C)C)cc3C2=O)cc1. The van der Waals surface area contributed by atoms with Gasteiger partial charge in [0.15, 0.2) is 0 Å². The molecule has 2 aromatic carbocycles. The summed E-state index contributed by atoms with van der Waals surface area (Å²) >= 11 is 0. The van der Waals surface area contributed by atoms with Crippen molar-refractivity contribution in [3.8, 4) is 5.75 Å². The second-order valence-corrected chi connectivity index (χ2v) is 9.40. The number of hydrogen-bond donors (Lipinski definition) is 0. The van der Waals surface area contributed by atoms with E-state index in [1.807, 2.05) is 6.92 Å². The summed E-state index contributed by atoms with van der Waals surface area (Å²) in [6.07, 6.45) is 2.91. The molecule has 6 heteroatoms. The second kappa shape index (κ2) is 9.38. The van der Waals surface area contributed by atoms with Crippen LogP contribution in [0.3, 0.4) is 0 Å². The number of amides is 2. The average molecular weight is 450 g/mol. The first-order valence-corrected chi connectivity index (χ1v) is 11.8. The van der Waals surface area contributed by atoms with Crippen molar-refractivity contribution in [2.45, 2.75) is 53.1 Å². The van der Waals surface area contributed by atoms with E-state index in [1.165, 1.54) is 6.07 Å². The van der Waals surface area contributed by atoms with Gasteiger partial charge in [0.05, 0.1) is 29.0 Å². The molecule has 0 bridgehead atoms. The molecule has 0 saturated heterocycles. The van der Waals surface area contributed by atoms with Crippen molar-refractivity contribution in [2.24, 2.45) is 17.8 Å². The number of esters is 1. The molecular formula is C27H31NO5. The van der Waals surface area contributed by atoms with Crippen molar-refractivity contribution in [1.82, 2.24) is 0 Å². The molecule has 174 valence electrons. The molecule has 0 radical (unpaired) electrons. The molecule has 1 saturated carbocycles. The minimum atomic E-state index is -0.444. The number of hydrogen-bond acceptors (Lipinski definition) is 5. The Balaban J connectivity index is 1.54. The Morgan fingerprint density at radius 1 is 1.03 bits per heavy atom. The minimum absolute atomic E-state index is 0.132. The van der Waals surface area contributed by atoms with Crippen molar-refractivity contribution in [1.29, 1.82) is 0 Å². The lowest BCUT2D eigenvalue weighted by atomic mass is 9.75. The van der Waals surface area contributed by atoms with E-state index in [0.717, 1.165) is 24.2 Å². The maximum absolute atomic E-state index is 13.1. The Morgan fingerprint density at radius 3 is 2.39 bits per heavy atom. The Kier molecular flexibility index (Phi) is 6.54. The fourth-order valence-electron chi connectivity index (χ4n) is 4.92. The number of imide groups is 1. The quantitative estimate of drug-likeness (QED) is 0.430. The number of carbonyl (C=O) groups excluding carboxylic acids is 3. The van der Waals surface area contributed by atoms with Crippen LogP contribution >= 0.6 is 0 Å². The molecule has 2 amide bonds. The first-order chi connectivity index (χ1) is 15.8. The molecule has 4 rings (SSSR count). The molecule has 3 unspecified atom stereocenters. The molecule has 0 N–H and O–H groups in total. The van der Waals surface area contributed by atoms with E-state index >= 15 is 0 Å². The Morgan fingerprint density at radius 2 is 1.73 bits per heavy atom. The fraction of sp³-hybridized carbons (Fsp3) is 0.444. The molecule has 1 aliphatic heterocycles. The normalized spacial score (nSPS) is 22.5. The second-order valence-electron chi connectivity index (χ2n) is 9.40. The highest BCUT2D eigenvalue weighted by atomic mass is 16.5. The van der Waals surface area contributed by atoms with Crippen LogP contribution in [0.25, 0.3) is 0 Å². The van der Waals surface area contributed by atoms with Gasteiger partial charge >= 0.3 is 5.97 Å². The largest absolute Gasteiger partial charge is 0.494 e. The average Bonchev–Trinajstić information content (AvgIpc) is 3.04. The van der Waals surface area contributed by atoms with Crippen LogP contribution in [-0.2, 0) is 4.74 Å². The Labute approximate surface area is 194 Å². The van der Waals surface area contributed by atoms with E-state index in [4.69, 9.17) is 9.47 Å². The van der Waals surface area contributed by atoms with Gasteiger partial charge in [-0.05, 0) is 80.0 Å². The number of anilines is 1. The van der Waals surface area contributed by atoms with Gasteiger partial charge < -0.3 is 9.47 Å². The lowest BCUT2D eigenvalue weighted by Gasteiger charge is -2.36. The third-order valence-electron chi connectivity index (χ3n) is 6.75. The number of ether oxygens (including phenoxy) is 2. The van der Waals surface area contributed by atoms with Crippen molar-refractivity contribution in [3.63, 3.8) is 0 Å². The molecule has 0 spiro atoms. The predicted molar refractivity (Wildman–Crippen MR) is 126 cm³/mol. The summed E-state index contributed by atoms with van der Waals surface area (Å²) in [6, 6.07) is 11.4. The third kappa shape index (κ3) is 4.52. The zero-order chi connectivity index (χ0) is 23.7. The topological polar surface area (TPSA) is 72.9 Å². The van der Waals surface area contributed by atoms with Gasteiger partial charge in [0.1, 0.15) is 11.9 Å². The summed E-state index contributed by atoms with van der Waals surface area (Å²) in [5.74, 6) is 0.650. The maximum atomic E-state index is 13.1. The Bertz CT molecular complexity index is 1060. The van der Waals surface area contributed by atoms with Crippen LogP contribution in [0.15, 0.2) is 42.5 Å². The van der Waals surface area contributed by atoms with Gasteiger partial charge in [-0.15, -0.1) is 0 Å². The van der Waals surface area contributed by atoms with E-state index in [1.54, 1.807) is 36.4 Å². The van der Waals surface area contributed by atoms with E-state index in [-0.39, 0.29) is 17.2 Å². The summed E-state index contributed by atoms with van der Waals surface area (Å²) in [5, 5.41) is 0. The number of nitrogens with zero attached hydrogens (tertiary/aromatic N) is 1. The molecule has 0 aromatic heterocycles. The van der Waals surface area contributed by atoms with Crippen LogP contribution in [0.2, 0.25) is 0 Å². The maximum Gasteiger partial charge on any atom is 0.338 e. The monoisotopic (exact) mass is 449 g/mol. The summed E-state index contributed by atoms with van der Waals surface area (Å²) in [7, 11) is 0. The molecule has 1 fully saturated rings. The molecule has 33 heavy (non-hydrogen) atoms. The lowest BCUT2D eigenvalue weighted by Crippen LogP contribution is -2.35. The van der Waals surface area contributed by atoms with Gasteiger partial charge in [0, 0.05) is 0 Å². The van der Waals surface area contributed by atoms with Crippen molar-refractivity contribution >= 4 is 23.5 Å². The molecular weight excluding hydrogens is 418 g/mol. The highest BCUT2D eigenvalue weighted by Crippen LogP contribution is 2.36. The van der Waals surface area contributed by atoms with Crippen molar-refractivity contribution in [2.75, 3.05) is 11.5 Å². The van der Waals surface area contributed by atoms with Gasteiger partial charge in [-0.3, -0.25) is 9.59 Å². The van der Waals surface area contributed by atoms with Crippen LogP contribution < -0.4 is 9.64 Å². The van der Waals surface area contributed by atoms with Crippen LogP contribution in [0.1, 0.15) is 78.0 Å². The molecule has 1 aliphatic carbocycles. The van der Waals surface area contributed by atoms with E-state index in [2.05, 4.69) is 20.8 Å². The first kappa shape index (κ1) is 23.0. The zero-order valence-electron chi connectivity index (χ0n) is 19.7. The smallest absolute Gasteiger partial charge is 0.338 e. The van der Waals surface area contributed by atoms with Crippen molar-refractivity contribution < 1.29 is 23.9 Å². The Hall–Kier alpha value is -3.15. The van der Waals surface area contributed by atoms with E-state index < -0.39 is 17.8 Å². The number of carbonyl (C=O) groups is 3. The van der Waals surface area contributed by atoms with E-state index in [9.17, 15) is 14.4 Å². The lowest BCUT2D eigenvalue weighted by molar-refractivity contribution is -0.0174. The van der Waals surface area contributed by atoms with Crippen molar-refractivity contribution in [3.05, 3.63) is 59.2 Å². The summed E-state index contributed by atoms with van der Waals surface area (Å²) < 4.78 is 11.4. The highest BCUT2D eigenvalue weighted by molar-refractivity contribution is 6.34. The molecule has 2 aliphatic rings. The van der Waals surface area contributed by atoms with Crippen LogP contribution in [-0.4, -0.2) is 30.5 Å². The summed E-state index contributed by atoms with van der Waals surface area (Å²) in [5.41, 5.74) is 1.27. The third-order valence-corrected chi connectivity index (χ3v) is 6.75. The fourth-order valence-corrected chi connectivity index (χ4v) is 4.92. The van der Waals surface area contributed by atoms with Crippen LogP contribution in [0, 0.1) is 17.8 Å².